The first-order valence-electron chi connectivity index (χ1n) is 10.2. The maximum Gasteiger partial charge on any atom is 0.289 e. The quantitative estimate of drug-likeness (QED) is 0.532. The van der Waals surface area contributed by atoms with Gasteiger partial charge in [-0.1, -0.05) is 17.7 Å². The molecular weight excluding hydrogens is 502 g/mol. The van der Waals surface area contributed by atoms with Crippen LogP contribution in [0.1, 0.15) is 20.2 Å². The Balaban J connectivity index is 1.55. The van der Waals surface area contributed by atoms with Gasteiger partial charge in [-0.3, -0.25) is 14.4 Å². The summed E-state index contributed by atoms with van der Waals surface area (Å²) in [6, 6.07) is 11.7. The van der Waals surface area contributed by atoms with E-state index in [2.05, 4.69) is 5.32 Å². The summed E-state index contributed by atoms with van der Waals surface area (Å²) in [7, 11) is -4.29. The van der Waals surface area contributed by atoms with Crippen molar-refractivity contribution in [1.29, 1.82) is 0 Å². The number of thiophene rings is 1. The minimum atomic E-state index is -4.29. The van der Waals surface area contributed by atoms with Gasteiger partial charge in [-0.25, -0.2) is 8.42 Å². The Bertz CT molecular complexity index is 1270. The maximum absolute atomic E-state index is 13.4. The zero-order valence-electron chi connectivity index (χ0n) is 17.7. The lowest BCUT2D eigenvalue weighted by Gasteiger charge is -2.36. The van der Waals surface area contributed by atoms with Gasteiger partial charge in [-0.2, -0.15) is 0 Å². The Morgan fingerprint density at radius 2 is 1.65 bits per heavy atom. The number of amides is 3. The minimum Gasteiger partial charge on any atom is -0.459 e. The average molecular weight is 522 g/mol. The Morgan fingerprint density at radius 1 is 0.971 bits per heavy atom. The molecule has 1 unspecified atom stereocenters. The molecule has 1 aliphatic heterocycles. The van der Waals surface area contributed by atoms with E-state index in [0.717, 1.165) is 11.3 Å². The van der Waals surface area contributed by atoms with Crippen LogP contribution in [-0.2, 0) is 14.6 Å². The predicted molar refractivity (Wildman–Crippen MR) is 125 cm³/mol. The van der Waals surface area contributed by atoms with Gasteiger partial charge in [0.05, 0.1) is 16.0 Å². The van der Waals surface area contributed by atoms with Crippen molar-refractivity contribution in [1.82, 2.24) is 15.1 Å². The zero-order valence-corrected chi connectivity index (χ0v) is 20.1. The van der Waals surface area contributed by atoms with Gasteiger partial charge < -0.3 is 19.5 Å². The first-order valence-corrected chi connectivity index (χ1v) is 13.0. The number of sulfone groups is 1. The molecular formula is C22H20ClN3O6S2. The molecule has 4 rings (SSSR count). The third-order valence-electron chi connectivity index (χ3n) is 5.29. The van der Waals surface area contributed by atoms with Gasteiger partial charge in [-0.15, -0.1) is 11.3 Å². The minimum absolute atomic E-state index is 0.104. The molecule has 0 bridgehead atoms. The lowest BCUT2D eigenvalue weighted by atomic mass is 10.2. The number of hydrogen-bond donors (Lipinski definition) is 1. The fourth-order valence-corrected chi connectivity index (χ4v) is 5.70. The second-order valence-electron chi connectivity index (χ2n) is 7.42. The molecule has 12 heteroatoms. The Morgan fingerprint density at radius 3 is 2.24 bits per heavy atom. The Hall–Kier alpha value is -3.15. The van der Waals surface area contributed by atoms with Crippen molar-refractivity contribution in [2.24, 2.45) is 0 Å². The number of benzene rings is 1. The van der Waals surface area contributed by atoms with Crippen molar-refractivity contribution in [3.05, 3.63) is 75.8 Å². The number of halogens is 1. The van der Waals surface area contributed by atoms with E-state index in [9.17, 15) is 22.8 Å². The summed E-state index contributed by atoms with van der Waals surface area (Å²) in [5, 5.41) is 2.56. The summed E-state index contributed by atoms with van der Waals surface area (Å²) in [5.41, 5.74) is 0. The maximum atomic E-state index is 13.4. The molecule has 1 N–H and O–H groups in total. The second-order valence-corrected chi connectivity index (χ2v) is 10.8. The van der Waals surface area contributed by atoms with E-state index in [4.69, 9.17) is 16.0 Å². The van der Waals surface area contributed by atoms with Crippen LogP contribution in [0.15, 0.2) is 69.5 Å². The van der Waals surface area contributed by atoms with Crippen LogP contribution < -0.4 is 5.32 Å². The van der Waals surface area contributed by atoms with E-state index in [0.29, 0.717) is 5.02 Å². The molecule has 1 atom stereocenters. The molecule has 0 radical (unpaired) electrons. The van der Waals surface area contributed by atoms with Crippen LogP contribution in [0.3, 0.4) is 0 Å². The molecule has 3 heterocycles. The molecule has 0 spiro atoms. The zero-order chi connectivity index (χ0) is 24.3. The summed E-state index contributed by atoms with van der Waals surface area (Å²) in [6.07, 6.45) is 1.40. The van der Waals surface area contributed by atoms with Crippen molar-refractivity contribution in [2.45, 2.75) is 10.3 Å². The van der Waals surface area contributed by atoms with E-state index in [-0.39, 0.29) is 47.6 Å². The first kappa shape index (κ1) is 24.0. The molecule has 2 aromatic heterocycles. The van der Waals surface area contributed by atoms with Crippen molar-refractivity contribution < 1.29 is 27.2 Å². The SMILES string of the molecule is O=C(NC(C(=O)N1CCN(C(=O)c2ccco2)CC1)S(=O)(=O)c1ccc(Cl)cc1)c1cccs1. The highest BCUT2D eigenvalue weighted by molar-refractivity contribution is 7.92. The van der Waals surface area contributed by atoms with E-state index < -0.39 is 27.0 Å². The van der Waals surface area contributed by atoms with E-state index in [1.165, 1.54) is 46.4 Å². The largest absolute Gasteiger partial charge is 0.459 e. The van der Waals surface area contributed by atoms with Crippen molar-refractivity contribution in [2.75, 3.05) is 26.2 Å². The number of hydrogen-bond acceptors (Lipinski definition) is 7. The molecule has 1 aliphatic rings. The molecule has 1 saturated heterocycles. The normalized spacial score (nSPS) is 15.1. The smallest absolute Gasteiger partial charge is 0.289 e. The van der Waals surface area contributed by atoms with Gasteiger partial charge in [0.15, 0.2) is 5.76 Å². The fourth-order valence-electron chi connectivity index (χ4n) is 3.48. The van der Waals surface area contributed by atoms with Gasteiger partial charge in [-0.05, 0) is 47.8 Å². The number of nitrogens with one attached hydrogen (secondary N) is 1. The van der Waals surface area contributed by atoms with Crippen LogP contribution in [0.4, 0.5) is 0 Å². The fraction of sp³-hybridized carbons (Fsp3) is 0.227. The first-order chi connectivity index (χ1) is 16.3. The molecule has 34 heavy (non-hydrogen) atoms. The summed E-state index contributed by atoms with van der Waals surface area (Å²) >= 11 is 7.01. The van der Waals surface area contributed by atoms with Gasteiger partial charge >= 0.3 is 0 Å². The van der Waals surface area contributed by atoms with Crippen LogP contribution >= 0.6 is 22.9 Å². The number of nitrogens with zero attached hydrogens (tertiary/aromatic N) is 2. The third kappa shape index (κ3) is 5.01. The molecule has 178 valence electrons. The summed E-state index contributed by atoms with van der Waals surface area (Å²) in [6.45, 7) is 0.593. The highest BCUT2D eigenvalue weighted by Crippen LogP contribution is 2.21. The molecule has 1 fully saturated rings. The number of rotatable bonds is 6. The van der Waals surface area contributed by atoms with Gasteiger partial charge in [0.25, 0.3) is 17.7 Å². The summed E-state index contributed by atoms with van der Waals surface area (Å²) in [5.74, 6) is -1.57. The van der Waals surface area contributed by atoms with Crippen LogP contribution in [0.2, 0.25) is 5.02 Å². The molecule has 0 saturated carbocycles. The van der Waals surface area contributed by atoms with Crippen molar-refractivity contribution >= 4 is 50.5 Å². The monoisotopic (exact) mass is 521 g/mol. The van der Waals surface area contributed by atoms with Gasteiger partial charge in [0.2, 0.25) is 15.2 Å². The van der Waals surface area contributed by atoms with Crippen molar-refractivity contribution in [3.8, 4) is 0 Å². The van der Waals surface area contributed by atoms with Crippen molar-refractivity contribution in [3.63, 3.8) is 0 Å². The Kier molecular flexibility index (Phi) is 7.05. The number of furan rings is 1. The molecule has 9 nitrogen and oxygen atoms in total. The molecule has 3 aromatic rings. The molecule has 3 amide bonds. The molecule has 0 aliphatic carbocycles. The van der Waals surface area contributed by atoms with Crippen LogP contribution in [0.5, 0.6) is 0 Å². The lowest BCUT2D eigenvalue weighted by molar-refractivity contribution is -0.132. The topological polar surface area (TPSA) is 117 Å². The van der Waals surface area contributed by atoms with Crippen LogP contribution in [0, 0.1) is 0 Å². The highest BCUT2D eigenvalue weighted by Gasteiger charge is 2.40. The van der Waals surface area contributed by atoms with E-state index >= 15 is 0 Å². The van der Waals surface area contributed by atoms with E-state index in [1.54, 1.807) is 23.6 Å². The van der Waals surface area contributed by atoms with Gasteiger partial charge in [0, 0.05) is 31.2 Å². The van der Waals surface area contributed by atoms with Crippen LogP contribution in [0.25, 0.3) is 0 Å². The standard InChI is InChI=1S/C22H20ClN3O6S2/c23-15-5-7-16(8-6-15)34(30,31)20(24-19(27)18-4-2-14-33-18)22(29)26-11-9-25(10-12-26)21(28)17-3-1-13-32-17/h1-8,13-14,20H,9-12H2,(H,24,27). The summed E-state index contributed by atoms with van der Waals surface area (Å²) in [4.78, 5) is 41.5. The third-order valence-corrected chi connectivity index (χ3v) is 8.28. The number of carbonyl (C=O) groups excluding carboxylic acids is 3. The molecule has 1 aromatic carbocycles. The Labute approximate surface area is 204 Å². The van der Waals surface area contributed by atoms with Gasteiger partial charge in [0.1, 0.15) is 0 Å². The predicted octanol–water partition coefficient (Wildman–Crippen LogP) is 2.51. The van der Waals surface area contributed by atoms with E-state index in [1.807, 2.05) is 0 Å². The number of piperazine rings is 1. The highest BCUT2D eigenvalue weighted by atomic mass is 35.5. The summed E-state index contributed by atoms with van der Waals surface area (Å²) < 4.78 is 31.9. The average Bonchev–Trinajstić information content (AvgIpc) is 3.57. The van der Waals surface area contributed by atoms with Crippen LogP contribution in [-0.4, -0.2) is 67.5 Å². The lowest BCUT2D eigenvalue weighted by Crippen LogP contribution is -2.57. The second kappa shape index (κ2) is 10.00. The number of carbonyl (C=O) groups is 3.